The monoisotopic (exact) mass is 564 g/mol. The van der Waals surface area contributed by atoms with Gasteiger partial charge in [-0.05, 0) is 6.92 Å². The van der Waals surface area contributed by atoms with Crippen molar-refractivity contribution in [3.63, 3.8) is 0 Å². The van der Waals surface area contributed by atoms with Crippen LogP contribution < -0.4 is 0 Å². The fourth-order valence-electron chi connectivity index (χ4n) is 1.84. The van der Waals surface area contributed by atoms with Gasteiger partial charge in [-0.2, -0.15) is 74.6 Å². The van der Waals surface area contributed by atoms with Crippen molar-refractivity contribution < 1.29 is 93.7 Å². The van der Waals surface area contributed by atoms with E-state index in [-0.39, 0.29) is 0 Å². The maximum Gasteiger partial charge on any atom is 0.473 e. The van der Waals surface area contributed by atoms with Crippen molar-refractivity contribution in [3.8, 4) is 0 Å². The highest BCUT2D eigenvalue weighted by Crippen LogP contribution is 2.64. The van der Waals surface area contributed by atoms with Gasteiger partial charge in [0, 0.05) is 0 Å². The second-order valence-electron chi connectivity index (χ2n) is 6.24. The molecule has 0 bridgehead atoms. The van der Waals surface area contributed by atoms with Crippen molar-refractivity contribution >= 4 is 11.9 Å². The summed E-state index contributed by atoms with van der Waals surface area (Å²) in [5, 5.41) is 0. The Bertz CT molecular complexity index is 786. The second kappa shape index (κ2) is 9.32. The second-order valence-corrected chi connectivity index (χ2v) is 6.24. The summed E-state index contributed by atoms with van der Waals surface area (Å²) in [4.78, 5) is 21.9. The largest absolute Gasteiger partial charge is 0.473 e. The first-order valence-corrected chi connectivity index (χ1v) is 8.19. The van der Waals surface area contributed by atoms with Gasteiger partial charge >= 0.3 is 59.8 Å². The summed E-state index contributed by atoms with van der Waals surface area (Å²) in [6.07, 6.45) is -18.1. The number of esters is 2. The normalized spacial score (nSPS) is 15.1. The number of carbonyl (C=O) groups is 2. The maximum atomic E-state index is 13.5. The molecule has 0 spiro atoms. The zero-order valence-corrected chi connectivity index (χ0v) is 16.2. The third-order valence-electron chi connectivity index (χ3n) is 3.77. The first-order valence-electron chi connectivity index (χ1n) is 8.19. The van der Waals surface area contributed by atoms with Crippen molar-refractivity contribution in [1.82, 2.24) is 0 Å². The minimum Gasteiger partial charge on any atom is -0.466 e. The quantitative estimate of drug-likeness (QED) is 0.234. The molecule has 0 unspecified atom stereocenters. The van der Waals surface area contributed by atoms with Crippen LogP contribution in [0.25, 0.3) is 0 Å². The van der Waals surface area contributed by atoms with Crippen LogP contribution in [0.5, 0.6) is 0 Å². The molecule has 35 heavy (non-hydrogen) atoms. The smallest absolute Gasteiger partial charge is 0.466 e. The number of hydrogen-bond acceptors (Lipinski definition) is 4. The van der Waals surface area contributed by atoms with Gasteiger partial charge in [0.25, 0.3) is 0 Å². The topological polar surface area (TPSA) is 52.6 Å². The number of ether oxygens (including phenoxy) is 2. The van der Waals surface area contributed by atoms with Crippen molar-refractivity contribution in [2.45, 2.75) is 67.6 Å². The standard InChI is InChI=1S/C14H9F17O4/c1-2-34-5(32)3-4-6(33)35-14(30,31)12(25,26)10(21,22)8(17,18)7(15,16)9(19,20)11(23,24)13(27,28)29/h2-4H2,1H3. The maximum absolute atomic E-state index is 13.5. The molecule has 0 atom stereocenters. The lowest BCUT2D eigenvalue weighted by molar-refractivity contribution is -0.474. The van der Waals surface area contributed by atoms with Crippen LogP contribution in [0.15, 0.2) is 0 Å². The Hall–Kier alpha value is -2.25. The van der Waals surface area contributed by atoms with Crippen molar-refractivity contribution in [1.29, 1.82) is 0 Å². The molecular weight excluding hydrogens is 555 g/mol. The molecule has 4 nitrogen and oxygen atoms in total. The Balaban J connectivity index is 6.30. The number of halogens is 17. The summed E-state index contributed by atoms with van der Waals surface area (Å²) in [6.45, 7) is 0.771. The third kappa shape index (κ3) is 5.17. The van der Waals surface area contributed by atoms with Gasteiger partial charge in [-0.1, -0.05) is 0 Å². The number of hydrogen-bond donors (Lipinski definition) is 0. The van der Waals surface area contributed by atoms with E-state index in [4.69, 9.17) is 0 Å². The molecule has 0 saturated heterocycles. The van der Waals surface area contributed by atoms with E-state index in [1.165, 1.54) is 0 Å². The molecule has 21 heteroatoms. The molecule has 0 aromatic carbocycles. The molecule has 0 aromatic rings. The fourth-order valence-corrected chi connectivity index (χ4v) is 1.84. The molecule has 0 rings (SSSR count). The molecule has 0 N–H and O–H groups in total. The van der Waals surface area contributed by atoms with E-state index in [0.29, 0.717) is 0 Å². The van der Waals surface area contributed by atoms with Gasteiger partial charge in [0.2, 0.25) is 0 Å². The number of alkyl halides is 17. The molecule has 0 heterocycles. The Kier molecular flexibility index (Phi) is 8.72. The van der Waals surface area contributed by atoms with Gasteiger partial charge in [-0.15, -0.1) is 0 Å². The van der Waals surface area contributed by atoms with E-state index in [0.717, 1.165) is 6.92 Å². The Labute approximate surface area is 181 Å². The number of rotatable bonds is 11. The molecule has 0 aliphatic heterocycles. The molecular formula is C14H9F17O4. The van der Waals surface area contributed by atoms with E-state index in [1.807, 2.05) is 0 Å². The van der Waals surface area contributed by atoms with Crippen LogP contribution in [0.3, 0.4) is 0 Å². The van der Waals surface area contributed by atoms with Gasteiger partial charge in [0.1, 0.15) is 0 Å². The lowest BCUT2D eigenvalue weighted by Crippen LogP contribution is -2.74. The summed E-state index contributed by atoms with van der Waals surface area (Å²) < 4.78 is 228. The highest BCUT2D eigenvalue weighted by atomic mass is 19.4. The summed E-state index contributed by atoms with van der Waals surface area (Å²) in [7, 11) is 0. The summed E-state index contributed by atoms with van der Waals surface area (Å²) in [5.41, 5.74) is 0. The van der Waals surface area contributed by atoms with Crippen molar-refractivity contribution in [2.24, 2.45) is 0 Å². The van der Waals surface area contributed by atoms with Gasteiger partial charge in [0.15, 0.2) is 0 Å². The molecule has 0 aliphatic carbocycles. The minimum atomic E-state index is -8.78. The van der Waals surface area contributed by atoms with Gasteiger partial charge < -0.3 is 9.47 Å². The molecule has 0 radical (unpaired) electrons. The zero-order valence-electron chi connectivity index (χ0n) is 16.2. The van der Waals surface area contributed by atoms with Crippen molar-refractivity contribution in [2.75, 3.05) is 6.61 Å². The molecule has 0 aliphatic rings. The van der Waals surface area contributed by atoms with Crippen LogP contribution >= 0.6 is 0 Å². The number of carbonyl (C=O) groups excluding carboxylic acids is 2. The third-order valence-corrected chi connectivity index (χ3v) is 3.77. The molecule has 208 valence electrons. The van der Waals surface area contributed by atoms with Crippen LogP contribution in [0.1, 0.15) is 19.8 Å². The Morgan fingerprint density at radius 2 is 0.829 bits per heavy atom. The van der Waals surface area contributed by atoms with E-state index in [2.05, 4.69) is 9.47 Å². The van der Waals surface area contributed by atoms with Gasteiger partial charge in [-0.3, -0.25) is 9.59 Å². The predicted molar refractivity (Wildman–Crippen MR) is 72.6 cm³/mol. The molecule has 0 aromatic heterocycles. The molecule has 0 amide bonds. The Morgan fingerprint density at radius 1 is 0.514 bits per heavy atom. The minimum absolute atomic E-state index is 0.393. The zero-order chi connectivity index (χ0) is 28.7. The van der Waals surface area contributed by atoms with E-state index < -0.39 is 79.2 Å². The predicted octanol–water partition coefficient (Wildman–Crippen LogP) is 5.84. The lowest BCUT2D eigenvalue weighted by Gasteiger charge is -2.42. The highest BCUT2D eigenvalue weighted by Gasteiger charge is 2.95. The van der Waals surface area contributed by atoms with Crippen LogP contribution in [0.2, 0.25) is 0 Å². The van der Waals surface area contributed by atoms with Crippen LogP contribution in [0.4, 0.5) is 74.6 Å². The van der Waals surface area contributed by atoms with E-state index >= 15 is 0 Å². The van der Waals surface area contributed by atoms with E-state index in [9.17, 15) is 84.2 Å². The first-order chi connectivity index (χ1) is 15.1. The molecule has 0 fully saturated rings. The summed E-state index contributed by atoms with van der Waals surface area (Å²) in [6, 6.07) is 0. The summed E-state index contributed by atoms with van der Waals surface area (Å²) >= 11 is 0. The fraction of sp³-hybridized carbons (Fsp3) is 0.857. The average molecular weight is 564 g/mol. The van der Waals surface area contributed by atoms with Gasteiger partial charge in [-0.25, -0.2) is 0 Å². The van der Waals surface area contributed by atoms with Crippen molar-refractivity contribution in [3.05, 3.63) is 0 Å². The lowest BCUT2D eigenvalue weighted by atomic mass is 9.90. The van der Waals surface area contributed by atoms with Crippen LogP contribution in [-0.4, -0.2) is 66.4 Å². The van der Waals surface area contributed by atoms with Crippen LogP contribution in [-0.2, 0) is 19.1 Å². The van der Waals surface area contributed by atoms with Crippen LogP contribution in [0, 0.1) is 0 Å². The average Bonchev–Trinajstić information content (AvgIpc) is 2.64. The van der Waals surface area contributed by atoms with E-state index in [1.54, 1.807) is 0 Å². The first kappa shape index (κ1) is 32.8. The Morgan fingerprint density at radius 3 is 1.17 bits per heavy atom. The van der Waals surface area contributed by atoms with Gasteiger partial charge in [0.05, 0.1) is 19.4 Å². The molecule has 0 saturated carbocycles. The SMILES string of the molecule is CCOC(=O)CCC(=O)OC(F)(F)C(F)(F)C(F)(F)C(F)(F)C(F)(F)C(F)(F)C(F)(F)C(F)(F)F. The summed E-state index contributed by atoms with van der Waals surface area (Å²) in [5.74, 6) is -55.4. The highest BCUT2D eigenvalue weighted by molar-refractivity contribution is 5.77.